The monoisotopic (exact) mass is 336 g/mol. The molecule has 0 aliphatic heterocycles. The molecule has 0 aliphatic carbocycles. The highest BCUT2D eigenvalue weighted by Gasteiger charge is 2.21. The van der Waals surface area contributed by atoms with Crippen LogP contribution in [0.4, 0.5) is 5.88 Å². The summed E-state index contributed by atoms with van der Waals surface area (Å²) >= 11 is 0. The Morgan fingerprint density at radius 1 is 1.00 bits per heavy atom. The summed E-state index contributed by atoms with van der Waals surface area (Å²) in [6, 6.07) is 21.5. The first-order chi connectivity index (χ1) is 12.1. The van der Waals surface area contributed by atoms with E-state index in [1.807, 2.05) is 60.7 Å². The van der Waals surface area contributed by atoms with E-state index < -0.39 is 16.7 Å². The third kappa shape index (κ3) is 4.11. The first-order valence-corrected chi connectivity index (χ1v) is 7.77. The van der Waals surface area contributed by atoms with Crippen LogP contribution in [0.5, 0.6) is 0 Å². The van der Waals surface area contributed by atoms with E-state index in [2.05, 4.69) is 5.32 Å². The highest BCUT2D eigenvalue weighted by Crippen LogP contribution is 2.21. The van der Waals surface area contributed by atoms with Gasteiger partial charge in [0.15, 0.2) is 5.76 Å². The zero-order valence-corrected chi connectivity index (χ0v) is 13.3. The molecule has 1 atom stereocenters. The van der Waals surface area contributed by atoms with Crippen molar-refractivity contribution in [1.29, 1.82) is 0 Å². The molecule has 0 spiro atoms. The van der Waals surface area contributed by atoms with Crippen molar-refractivity contribution in [2.45, 2.75) is 12.5 Å². The Morgan fingerprint density at radius 2 is 1.64 bits per heavy atom. The van der Waals surface area contributed by atoms with Gasteiger partial charge in [-0.05, 0) is 23.6 Å². The number of nitro groups is 1. The Morgan fingerprint density at radius 3 is 2.24 bits per heavy atom. The van der Waals surface area contributed by atoms with Gasteiger partial charge < -0.3 is 9.73 Å². The molecule has 2 aromatic carbocycles. The first-order valence-electron chi connectivity index (χ1n) is 7.77. The van der Waals surface area contributed by atoms with E-state index in [0.717, 1.165) is 11.1 Å². The van der Waals surface area contributed by atoms with Gasteiger partial charge in [-0.2, -0.15) is 0 Å². The lowest BCUT2D eigenvalue weighted by Crippen LogP contribution is -2.29. The molecule has 0 aliphatic rings. The van der Waals surface area contributed by atoms with Crippen molar-refractivity contribution < 1.29 is 14.1 Å². The number of nitrogens with one attached hydrogen (secondary N) is 1. The van der Waals surface area contributed by atoms with E-state index in [0.29, 0.717) is 6.42 Å². The molecular weight excluding hydrogens is 320 g/mol. The smallest absolute Gasteiger partial charge is 0.395 e. The molecule has 6 nitrogen and oxygen atoms in total. The first kappa shape index (κ1) is 16.4. The van der Waals surface area contributed by atoms with Gasteiger partial charge >= 0.3 is 5.88 Å². The molecule has 0 saturated heterocycles. The normalized spacial score (nSPS) is 11.7. The lowest BCUT2D eigenvalue weighted by molar-refractivity contribution is -0.402. The summed E-state index contributed by atoms with van der Waals surface area (Å²) in [6.45, 7) is 0. The molecule has 1 unspecified atom stereocenters. The van der Waals surface area contributed by atoms with Gasteiger partial charge in [-0.15, -0.1) is 0 Å². The average molecular weight is 336 g/mol. The Hall–Kier alpha value is -3.41. The third-order valence-electron chi connectivity index (χ3n) is 3.79. The standard InChI is InChI=1S/C19H16N2O4/c22-19(17-11-12-18(25-17)21(23)24)20-16(15-9-5-2-6-10-15)13-14-7-3-1-4-8-14/h1-12,16H,13H2,(H,20,22). The lowest BCUT2D eigenvalue weighted by Gasteiger charge is -2.19. The van der Waals surface area contributed by atoms with Crippen molar-refractivity contribution in [2.75, 3.05) is 0 Å². The highest BCUT2D eigenvalue weighted by atomic mass is 16.6. The van der Waals surface area contributed by atoms with Crippen LogP contribution >= 0.6 is 0 Å². The average Bonchev–Trinajstić information content (AvgIpc) is 3.13. The Labute approximate surface area is 144 Å². The molecule has 25 heavy (non-hydrogen) atoms. The van der Waals surface area contributed by atoms with E-state index in [4.69, 9.17) is 4.42 Å². The molecule has 3 rings (SSSR count). The van der Waals surface area contributed by atoms with Crippen LogP contribution in [-0.4, -0.2) is 10.8 Å². The number of hydrogen-bond acceptors (Lipinski definition) is 4. The number of carbonyl (C=O) groups is 1. The van der Waals surface area contributed by atoms with E-state index >= 15 is 0 Å². The minimum atomic E-state index is -0.671. The van der Waals surface area contributed by atoms with Gasteiger partial charge in [0, 0.05) is 0 Å². The Balaban J connectivity index is 1.81. The fourth-order valence-corrected chi connectivity index (χ4v) is 2.56. The summed E-state index contributed by atoms with van der Waals surface area (Å²) < 4.78 is 4.98. The van der Waals surface area contributed by atoms with E-state index in [-0.39, 0.29) is 11.8 Å². The lowest BCUT2D eigenvalue weighted by atomic mass is 9.99. The molecule has 1 amide bonds. The van der Waals surface area contributed by atoms with Crippen LogP contribution in [-0.2, 0) is 6.42 Å². The zero-order valence-electron chi connectivity index (χ0n) is 13.3. The minimum Gasteiger partial charge on any atom is -0.395 e. The number of furan rings is 1. The summed E-state index contributed by atoms with van der Waals surface area (Å²) in [7, 11) is 0. The van der Waals surface area contributed by atoms with Crippen LogP contribution in [0, 0.1) is 10.1 Å². The summed E-state index contributed by atoms with van der Waals surface area (Å²) in [5, 5.41) is 13.6. The van der Waals surface area contributed by atoms with Crippen molar-refractivity contribution in [3.8, 4) is 0 Å². The van der Waals surface area contributed by atoms with E-state index in [1.165, 1.54) is 12.1 Å². The predicted octanol–water partition coefficient (Wildman–Crippen LogP) is 3.90. The van der Waals surface area contributed by atoms with Gasteiger partial charge in [-0.25, -0.2) is 0 Å². The number of rotatable bonds is 6. The Bertz CT molecular complexity index is 859. The second kappa shape index (κ2) is 7.44. The number of hydrogen-bond donors (Lipinski definition) is 1. The van der Waals surface area contributed by atoms with Crippen molar-refractivity contribution in [1.82, 2.24) is 5.32 Å². The van der Waals surface area contributed by atoms with Crippen LogP contribution in [0.1, 0.15) is 27.7 Å². The maximum absolute atomic E-state index is 12.4. The summed E-state index contributed by atoms with van der Waals surface area (Å²) in [4.78, 5) is 22.5. The van der Waals surface area contributed by atoms with Crippen LogP contribution < -0.4 is 5.32 Å². The van der Waals surface area contributed by atoms with Gasteiger partial charge in [-0.3, -0.25) is 14.9 Å². The largest absolute Gasteiger partial charge is 0.433 e. The number of amides is 1. The summed E-state index contributed by atoms with van der Waals surface area (Å²) in [5.74, 6) is -1.02. The van der Waals surface area contributed by atoms with Crippen molar-refractivity contribution in [3.05, 3.63) is 99.8 Å². The maximum atomic E-state index is 12.4. The molecule has 1 N–H and O–H groups in total. The molecule has 0 radical (unpaired) electrons. The van der Waals surface area contributed by atoms with Crippen LogP contribution in [0.2, 0.25) is 0 Å². The van der Waals surface area contributed by atoms with Crippen LogP contribution in [0.25, 0.3) is 0 Å². The van der Waals surface area contributed by atoms with Gasteiger partial charge in [-0.1, -0.05) is 60.7 Å². The third-order valence-corrected chi connectivity index (χ3v) is 3.79. The van der Waals surface area contributed by atoms with Crippen molar-refractivity contribution >= 4 is 11.8 Å². The predicted molar refractivity (Wildman–Crippen MR) is 92.2 cm³/mol. The van der Waals surface area contributed by atoms with Crippen molar-refractivity contribution in [2.24, 2.45) is 0 Å². The topological polar surface area (TPSA) is 85.4 Å². The highest BCUT2D eigenvalue weighted by molar-refractivity contribution is 5.92. The molecule has 6 heteroatoms. The maximum Gasteiger partial charge on any atom is 0.433 e. The van der Waals surface area contributed by atoms with Gasteiger partial charge in [0.25, 0.3) is 5.91 Å². The summed E-state index contributed by atoms with van der Waals surface area (Å²) in [6.07, 6.45) is 0.597. The quantitative estimate of drug-likeness (QED) is 0.546. The van der Waals surface area contributed by atoms with Crippen LogP contribution in [0.3, 0.4) is 0 Å². The zero-order chi connectivity index (χ0) is 17.6. The van der Waals surface area contributed by atoms with Gasteiger partial charge in [0.2, 0.25) is 0 Å². The second-order valence-corrected chi connectivity index (χ2v) is 5.52. The molecule has 0 fully saturated rings. The SMILES string of the molecule is O=C(NC(Cc1ccccc1)c1ccccc1)c1ccc([N+](=O)[O-])o1. The number of carbonyl (C=O) groups excluding carboxylic acids is 1. The van der Waals surface area contributed by atoms with Crippen molar-refractivity contribution in [3.63, 3.8) is 0 Å². The van der Waals surface area contributed by atoms with E-state index in [9.17, 15) is 14.9 Å². The molecule has 1 heterocycles. The van der Waals surface area contributed by atoms with E-state index in [1.54, 1.807) is 0 Å². The fourth-order valence-electron chi connectivity index (χ4n) is 2.56. The molecule has 126 valence electrons. The number of nitrogens with zero attached hydrogens (tertiary/aromatic N) is 1. The van der Waals surface area contributed by atoms with Gasteiger partial charge in [0.05, 0.1) is 12.1 Å². The molecule has 3 aromatic rings. The summed E-state index contributed by atoms with van der Waals surface area (Å²) in [5.41, 5.74) is 2.02. The molecule has 1 aromatic heterocycles. The fraction of sp³-hybridized carbons (Fsp3) is 0.105. The molecular formula is C19H16N2O4. The van der Waals surface area contributed by atoms with Gasteiger partial charge in [0.1, 0.15) is 4.92 Å². The minimum absolute atomic E-state index is 0.0827. The van der Waals surface area contributed by atoms with Crippen LogP contribution in [0.15, 0.2) is 77.2 Å². The molecule has 0 bridgehead atoms. The second-order valence-electron chi connectivity index (χ2n) is 5.52. The Kier molecular flexibility index (Phi) is 4.89. The number of benzene rings is 2. The molecule has 0 saturated carbocycles.